The molecule has 3 aromatic carbocycles. The summed E-state index contributed by atoms with van der Waals surface area (Å²) in [5.41, 5.74) is 10.2. The molecular weight excluding hydrogens is 1320 g/mol. The van der Waals surface area contributed by atoms with Crippen molar-refractivity contribution >= 4 is 114 Å². The number of nitrogens with zero attached hydrogens (tertiary/aromatic N) is 3. The van der Waals surface area contributed by atoms with Crippen LogP contribution in [0.25, 0.3) is 21.1 Å². The molecule has 0 spiro atoms. The van der Waals surface area contributed by atoms with E-state index in [4.69, 9.17) is 84.3 Å². The monoisotopic (exact) mass is 1400 g/mol. The van der Waals surface area contributed by atoms with Crippen molar-refractivity contribution in [3.05, 3.63) is 99.5 Å². The van der Waals surface area contributed by atoms with E-state index in [1.54, 1.807) is 36.5 Å². The van der Waals surface area contributed by atoms with Gasteiger partial charge in [0.1, 0.15) is 61.7 Å². The van der Waals surface area contributed by atoms with E-state index < -0.39 is 11.8 Å². The standard InChI is InChI=1S/C23H30N2O3S.C18H20ClNO3S.C10H12ClNOS.C8H11BrO3.C8H12O3/c1-3-27-23(26)19-11-12-20-21(19)24-22(29-20)17-7-9-18(10-8-17)28-15-5-14-25-13-4-6-16(25)2;1-2-22-18(21)14-8-9-15-16(14)20-17(24-15)12-4-6-13(7-5-12)23-11-3-10-19;11-6-1-7-13-9-4-2-8(3-5-9)10(12)14;1-2-12-8(11)5-3-4-6(9)7(5)10;1-2-11-8(10)6-4-3-5-7(6)9/h7-10,16,19H,3-6,11-15H2,1-2H3;4-7,14H,2-3,8-11H2,1H3;2-5H,1,6-7H2,(H2,12,14);5-6H,2-4H2,1H3;6H,2-5H2,1H3. The number of carbonyl (C=O) groups is 6. The second kappa shape index (κ2) is 39.1. The topological polar surface area (TPSA) is 222 Å². The van der Waals surface area contributed by atoms with Crippen molar-refractivity contribution in [1.29, 1.82) is 0 Å². The van der Waals surface area contributed by atoms with Gasteiger partial charge in [0.05, 0.1) is 62.5 Å². The number of rotatable bonds is 24. The number of alkyl halides is 3. The molecule has 5 aliphatic rings. The van der Waals surface area contributed by atoms with Crippen LogP contribution in [-0.2, 0) is 60.6 Å². The van der Waals surface area contributed by atoms with E-state index in [1.165, 1.54) is 29.1 Å². The highest BCUT2D eigenvalue weighted by Crippen LogP contribution is 2.42. The first-order valence-electron chi connectivity index (χ1n) is 31.2. The van der Waals surface area contributed by atoms with E-state index in [2.05, 4.69) is 39.9 Å². The van der Waals surface area contributed by atoms with Crippen LogP contribution in [0.3, 0.4) is 0 Å². The zero-order chi connectivity index (χ0) is 65.0. The van der Waals surface area contributed by atoms with E-state index in [1.807, 2.05) is 74.5 Å². The fourth-order valence-corrected chi connectivity index (χ4v) is 13.8. The van der Waals surface area contributed by atoms with Gasteiger partial charge in [-0.05, 0) is 197 Å². The molecule has 2 saturated carbocycles. The second-order valence-corrected chi connectivity index (χ2v) is 26.2. The van der Waals surface area contributed by atoms with Gasteiger partial charge in [-0.3, -0.25) is 28.8 Å². The predicted molar refractivity (Wildman–Crippen MR) is 361 cm³/mol. The number of halogens is 3. The Kier molecular flexibility index (Phi) is 31.9. The first-order valence-corrected chi connectivity index (χ1v) is 35.3. The Hall–Kier alpha value is -5.55. The van der Waals surface area contributed by atoms with Crippen molar-refractivity contribution < 1.29 is 61.9 Å². The Labute approximate surface area is 561 Å². The Balaban J connectivity index is 0.000000189. The molecule has 2 aromatic heterocycles. The largest absolute Gasteiger partial charge is 0.494 e. The summed E-state index contributed by atoms with van der Waals surface area (Å²) in [6.07, 6.45) is 12.2. The van der Waals surface area contributed by atoms with Crippen molar-refractivity contribution in [1.82, 2.24) is 14.9 Å². The van der Waals surface area contributed by atoms with E-state index in [9.17, 15) is 28.8 Å². The molecule has 0 radical (unpaired) electrons. The first kappa shape index (κ1) is 73.5. The number of thiocarbonyl (C=S) groups is 1. The lowest BCUT2D eigenvalue weighted by molar-refractivity contribution is -0.151. The third kappa shape index (κ3) is 22.3. The van der Waals surface area contributed by atoms with Crippen molar-refractivity contribution in [2.24, 2.45) is 17.6 Å². The number of thiazole rings is 2. The lowest BCUT2D eigenvalue weighted by Crippen LogP contribution is -2.28. The Bertz CT molecular complexity index is 3090. The molecule has 1 saturated heterocycles. The molecule has 5 aromatic rings. The van der Waals surface area contributed by atoms with Gasteiger partial charge in [0.25, 0.3) is 0 Å². The first-order chi connectivity index (χ1) is 43.5. The van der Waals surface area contributed by atoms with Gasteiger partial charge in [-0.15, -0.1) is 45.9 Å². The molecule has 490 valence electrons. The predicted octanol–water partition coefficient (Wildman–Crippen LogP) is 13.6. The number of benzene rings is 3. The fraction of sp³-hybridized carbons (Fsp3) is 0.537. The number of nitrogens with two attached hydrogens (primary N) is 1. The number of ketones is 2. The minimum Gasteiger partial charge on any atom is -0.494 e. The summed E-state index contributed by atoms with van der Waals surface area (Å²) in [5.74, 6) is 1.39. The molecule has 0 bridgehead atoms. The van der Waals surface area contributed by atoms with Crippen molar-refractivity contribution in [3.63, 3.8) is 0 Å². The smallest absolute Gasteiger partial charge is 0.316 e. The summed E-state index contributed by atoms with van der Waals surface area (Å²) in [7, 11) is 0. The third-order valence-electron chi connectivity index (χ3n) is 15.4. The number of ether oxygens (including phenoxy) is 7. The lowest BCUT2D eigenvalue weighted by atomic mass is 10.1. The minimum absolute atomic E-state index is 0.0338. The van der Waals surface area contributed by atoms with Crippen LogP contribution in [0.5, 0.6) is 17.2 Å². The molecule has 3 fully saturated rings. The van der Waals surface area contributed by atoms with Crippen molar-refractivity contribution in [2.75, 3.05) is 71.1 Å². The molecule has 17 nitrogen and oxygen atoms in total. The summed E-state index contributed by atoms with van der Waals surface area (Å²) in [6, 6.07) is 24.2. The molecular formula is C67H85BrCl2N4O13S3. The number of carbonyl (C=O) groups excluding carboxylic acids is 6. The highest BCUT2D eigenvalue weighted by molar-refractivity contribution is 9.10. The highest BCUT2D eigenvalue weighted by Gasteiger charge is 2.39. The number of aromatic nitrogens is 2. The van der Waals surface area contributed by atoms with Crippen LogP contribution >= 0.6 is 74.0 Å². The molecule has 6 unspecified atom stereocenters. The normalized spacial score (nSPS) is 19.4. The molecule has 0 amide bonds. The summed E-state index contributed by atoms with van der Waals surface area (Å²) < 4.78 is 36.8. The Morgan fingerprint density at radius 3 is 1.39 bits per heavy atom. The molecule has 90 heavy (non-hydrogen) atoms. The van der Waals surface area contributed by atoms with Crippen LogP contribution in [0.4, 0.5) is 0 Å². The van der Waals surface area contributed by atoms with Crippen LogP contribution in [-0.4, -0.2) is 137 Å². The Morgan fingerprint density at radius 1 is 0.578 bits per heavy atom. The third-order valence-corrected chi connectivity index (χ3v) is 19.4. The Morgan fingerprint density at radius 2 is 1.01 bits per heavy atom. The number of aryl methyl sites for hydroxylation is 2. The molecule has 3 heterocycles. The van der Waals surface area contributed by atoms with Crippen LogP contribution in [0.15, 0.2) is 72.8 Å². The van der Waals surface area contributed by atoms with Gasteiger partial charge in [-0.2, -0.15) is 0 Å². The second-order valence-electron chi connectivity index (χ2n) is 21.7. The van der Waals surface area contributed by atoms with Gasteiger partial charge in [-0.25, -0.2) is 9.97 Å². The van der Waals surface area contributed by atoms with Gasteiger partial charge >= 0.3 is 23.9 Å². The van der Waals surface area contributed by atoms with Crippen LogP contribution in [0.2, 0.25) is 0 Å². The van der Waals surface area contributed by atoms with Gasteiger partial charge < -0.3 is 43.8 Å². The van der Waals surface area contributed by atoms with Gasteiger partial charge in [-0.1, -0.05) is 28.1 Å². The molecule has 23 heteroatoms. The number of hydrogen-bond donors (Lipinski definition) is 1. The van der Waals surface area contributed by atoms with Crippen LogP contribution in [0, 0.1) is 11.8 Å². The number of hydrogen-bond acceptors (Lipinski definition) is 19. The zero-order valence-electron chi connectivity index (χ0n) is 52.2. The van der Waals surface area contributed by atoms with E-state index in [0.29, 0.717) is 75.7 Å². The lowest BCUT2D eigenvalue weighted by Gasteiger charge is -2.20. The summed E-state index contributed by atoms with van der Waals surface area (Å²) in [5, 5.41) is 1.92. The summed E-state index contributed by atoms with van der Waals surface area (Å²) >= 11 is 22.6. The highest BCUT2D eigenvalue weighted by atomic mass is 79.9. The number of Topliss-reactive ketones (excluding diaryl/α,β-unsaturated/α-hetero) is 2. The summed E-state index contributed by atoms with van der Waals surface area (Å²) in [6.45, 7) is 15.4. The average molecular weight is 1400 g/mol. The van der Waals surface area contributed by atoms with Gasteiger partial charge in [0.15, 0.2) is 5.78 Å². The molecule has 6 atom stereocenters. The van der Waals surface area contributed by atoms with Gasteiger partial charge in [0, 0.05) is 57.2 Å². The number of esters is 4. The maximum atomic E-state index is 12.1. The van der Waals surface area contributed by atoms with E-state index >= 15 is 0 Å². The maximum absolute atomic E-state index is 12.1. The quantitative estimate of drug-likeness (QED) is 0.0151. The summed E-state index contributed by atoms with van der Waals surface area (Å²) in [4.78, 5) is 83.3. The minimum atomic E-state index is -0.519. The van der Waals surface area contributed by atoms with E-state index in [-0.39, 0.29) is 52.1 Å². The van der Waals surface area contributed by atoms with E-state index in [0.717, 1.165) is 132 Å². The molecule has 4 aliphatic carbocycles. The number of likely N-dealkylation sites (tertiary alicyclic amines) is 1. The molecule has 1 aliphatic heterocycles. The van der Waals surface area contributed by atoms with Gasteiger partial charge in [0.2, 0.25) is 0 Å². The zero-order valence-corrected chi connectivity index (χ0v) is 57.7. The average Bonchev–Trinajstić information content (AvgIpc) is 2.91. The van der Waals surface area contributed by atoms with Crippen LogP contribution < -0.4 is 19.9 Å². The molecule has 2 N–H and O–H groups in total. The molecule has 10 rings (SSSR count). The maximum Gasteiger partial charge on any atom is 0.316 e. The SMILES string of the molecule is CCOC(=O)C1CCC(Br)C1=O.CCOC(=O)C1CCCC1=O.CCOC(=O)C1CCc2sc(-c3ccc(OCCCCl)cc3)nc21.CCOC(=O)C1CCc2sc(-c3ccc(OCCCN4CCCC4C)cc3)nc21.NC(=S)c1ccc(OCCCCl)cc1. The van der Waals surface area contributed by atoms with Crippen LogP contribution in [0.1, 0.15) is 150 Å². The fourth-order valence-electron chi connectivity index (χ4n) is 10.6. The van der Waals surface area contributed by atoms with Crippen molar-refractivity contribution in [2.45, 2.75) is 147 Å². The number of fused-ring (bicyclic) bond motifs is 2. The van der Waals surface area contributed by atoms with Crippen molar-refractivity contribution in [3.8, 4) is 38.4 Å².